The minimum atomic E-state index is -1.12. The van der Waals surface area contributed by atoms with Gasteiger partial charge in [0.05, 0.1) is 10.8 Å². The average Bonchev–Trinajstić information content (AvgIpc) is 2.53. The van der Waals surface area contributed by atoms with Crippen LogP contribution in [-0.4, -0.2) is 22.2 Å². The Balaban J connectivity index is 3.05. The molecule has 1 saturated carbocycles. The summed E-state index contributed by atoms with van der Waals surface area (Å²) in [6.45, 7) is 8.28. The van der Waals surface area contributed by atoms with Crippen LogP contribution in [0.5, 0.6) is 0 Å². The van der Waals surface area contributed by atoms with Gasteiger partial charge in [-0.1, -0.05) is 72.6 Å². The molecular formula is C20H36O4. The first-order valence-electron chi connectivity index (χ1n) is 9.71. The van der Waals surface area contributed by atoms with Crippen molar-refractivity contribution >= 4 is 11.9 Å². The Morgan fingerprint density at radius 2 is 1.58 bits per heavy atom. The summed E-state index contributed by atoms with van der Waals surface area (Å²) in [5.74, 6) is -1.26. The number of hydrogen-bond donors (Lipinski definition) is 2. The highest BCUT2D eigenvalue weighted by Crippen LogP contribution is 2.58. The van der Waals surface area contributed by atoms with E-state index in [1.54, 1.807) is 0 Å². The average molecular weight is 341 g/mol. The quantitative estimate of drug-likeness (QED) is 0.525. The second-order valence-corrected chi connectivity index (χ2v) is 8.17. The summed E-state index contributed by atoms with van der Waals surface area (Å²) in [4.78, 5) is 24.6. The van der Waals surface area contributed by atoms with E-state index in [9.17, 15) is 19.8 Å². The molecule has 0 radical (unpaired) electrons. The molecule has 1 fully saturated rings. The van der Waals surface area contributed by atoms with Crippen molar-refractivity contribution in [3.05, 3.63) is 0 Å². The van der Waals surface area contributed by atoms with Crippen molar-refractivity contribution in [2.45, 2.75) is 91.9 Å². The van der Waals surface area contributed by atoms with Crippen LogP contribution in [0, 0.1) is 22.7 Å². The Hall–Kier alpha value is -1.06. The summed E-state index contributed by atoms with van der Waals surface area (Å²) in [6.07, 6.45) is 7.88. The van der Waals surface area contributed by atoms with Crippen LogP contribution in [0.25, 0.3) is 0 Å². The minimum Gasteiger partial charge on any atom is -0.481 e. The molecule has 0 spiro atoms. The van der Waals surface area contributed by atoms with E-state index in [4.69, 9.17) is 0 Å². The molecule has 0 aromatic rings. The lowest BCUT2D eigenvalue weighted by Crippen LogP contribution is -2.57. The molecule has 0 aromatic heterocycles. The van der Waals surface area contributed by atoms with Gasteiger partial charge in [0, 0.05) is 0 Å². The van der Waals surface area contributed by atoms with Gasteiger partial charge in [-0.25, -0.2) is 0 Å². The number of rotatable bonds is 10. The first-order chi connectivity index (χ1) is 11.2. The number of aliphatic carboxylic acids is 2. The SMILES string of the molecule is CCC(C)C1(C(=O)O)CCCCC1(CCCCCC(C)C)C(=O)O. The molecule has 1 aliphatic carbocycles. The highest BCUT2D eigenvalue weighted by atomic mass is 16.4. The fourth-order valence-electron chi connectivity index (χ4n) is 4.79. The molecule has 4 nitrogen and oxygen atoms in total. The highest BCUT2D eigenvalue weighted by Gasteiger charge is 2.63. The zero-order valence-electron chi connectivity index (χ0n) is 15.9. The standard InChI is InChI=1S/C20H36O4/c1-5-16(4)20(18(23)24)14-10-9-13-19(20,17(21)22)12-8-6-7-11-15(2)3/h15-16H,5-14H2,1-4H3,(H,21,22)(H,23,24). The maximum atomic E-state index is 12.3. The topological polar surface area (TPSA) is 74.6 Å². The van der Waals surface area contributed by atoms with E-state index in [2.05, 4.69) is 13.8 Å². The Bertz CT molecular complexity index is 431. The third-order valence-electron chi connectivity index (χ3n) is 6.41. The van der Waals surface area contributed by atoms with Gasteiger partial charge in [0.1, 0.15) is 0 Å². The van der Waals surface area contributed by atoms with E-state index in [0.29, 0.717) is 31.6 Å². The largest absolute Gasteiger partial charge is 0.481 e. The molecule has 3 atom stereocenters. The molecule has 2 N–H and O–H groups in total. The number of carboxylic acids is 2. The number of carbonyl (C=O) groups is 2. The van der Waals surface area contributed by atoms with E-state index in [1.165, 1.54) is 0 Å². The van der Waals surface area contributed by atoms with Crippen molar-refractivity contribution < 1.29 is 19.8 Å². The molecule has 0 heterocycles. The van der Waals surface area contributed by atoms with Gasteiger partial charge in [-0.3, -0.25) is 9.59 Å². The third kappa shape index (κ3) is 3.94. The van der Waals surface area contributed by atoms with Crippen molar-refractivity contribution in [2.75, 3.05) is 0 Å². The van der Waals surface area contributed by atoms with Crippen LogP contribution >= 0.6 is 0 Å². The first-order valence-corrected chi connectivity index (χ1v) is 9.71. The number of unbranched alkanes of at least 4 members (excludes halogenated alkanes) is 2. The Labute approximate surface area is 147 Å². The molecule has 1 rings (SSSR count). The van der Waals surface area contributed by atoms with Crippen LogP contribution in [0.3, 0.4) is 0 Å². The highest BCUT2D eigenvalue weighted by molar-refractivity contribution is 5.87. The van der Waals surface area contributed by atoms with Gasteiger partial charge in [-0.2, -0.15) is 0 Å². The Morgan fingerprint density at radius 1 is 0.958 bits per heavy atom. The summed E-state index contributed by atoms with van der Waals surface area (Å²) in [5, 5.41) is 20.2. The van der Waals surface area contributed by atoms with Crippen LogP contribution < -0.4 is 0 Å². The van der Waals surface area contributed by atoms with Gasteiger partial charge in [-0.15, -0.1) is 0 Å². The van der Waals surface area contributed by atoms with E-state index in [-0.39, 0.29) is 5.92 Å². The Kier molecular flexibility index (Phi) is 7.75. The predicted octanol–water partition coefficient (Wildman–Crippen LogP) is 5.36. The van der Waals surface area contributed by atoms with Crippen LogP contribution in [0.1, 0.15) is 91.9 Å². The summed E-state index contributed by atoms with van der Waals surface area (Å²) in [7, 11) is 0. The molecule has 0 bridgehead atoms. The number of hydrogen-bond acceptors (Lipinski definition) is 2. The zero-order valence-corrected chi connectivity index (χ0v) is 15.9. The summed E-state index contributed by atoms with van der Waals surface area (Å²) >= 11 is 0. The minimum absolute atomic E-state index is 0.123. The molecule has 140 valence electrons. The van der Waals surface area contributed by atoms with E-state index in [0.717, 1.165) is 38.5 Å². The van der Waals surface area contributed by atoms with Gasteiger partial charge < -0.3 is 10.2 Å². The first kappa shape index (κ1) is 21.0. The van der Waals surface area contributed by atoms with Gasteiger partial charge in [-0.05, 0) is 31.1 Å². The lowest BCUT2D eigenvalue weighted by molar-refractivity contribution is -0.188. The van der Waals surface area contributed by atoms with Gasteiger partial charge in [0.2, 0.25) is 0 Å². The van der Waals surface area contributed by atoms with Crippen LogP contribution in [0.2, 0.25) is 0 Å². The van der Waals surface area contributed by atoms with Crippen LogP contribution in [0.15, 0.2) is 0 Å². The van der Waals surface area contributed by atoms with E-state index in [1.807, 2.05) is 13.8 Å². The maximum Gasteiger partial charge on any atom is 0.311 e. The monoisotopic (exact) mass is 340 g/mol. The lowest BCUT2D eigenvalue weighted by atomic mass is 9.49. The smallest absolute Gasteiger partial charge is 0.311 e. The van der Waals surface area contributed by atoms with Crippen molar-refractivity contribution in [2.24, 2.45) is 22.7 Å². The van der Waals surface area contributed by atoms with Crippen LogP contribution in [-0.2, 0) is 9.59 Å². The van der Waals surface area contributed by atoms with Gasteiger partial charge in [0.25, 0.3) is 0 Å². The fraction of sp³-hybridized carbons (Fsp3) is 0.900. The van der Waals surface area contributed by atoms with E-state index < -0.39 is 22.8 Å². The lowest BCUT2D eigenvalue weighted by Gasteiger charge is -2.51. The third-order valence-corrected chi connectivity index (χ3v) is 6.41. The Morgan fingerprint density at radius 3 is 2.08 bits per heavy atom. The molecule has 0 aromatic carbocycles. The normalized spacial score (nSPS) is 28.7. The molecule has 24 heavy (non-hydrogen) atoms. The molecule has 4 heteroatoms. The van der Waals surface area contributed by atoms with Crippen LogP contribution in [0.4, 0.5) is 0 Å². The molecule has 0 aliphatic heterocycles. The van der Waals surface area contributed by atoms with Crippen molar-refractivity contribution in [1.82, 2.24) is 0 Å². The maximum absolute atomic E-state index is 12.3. The van der Waals surface area contributed by atoms with Gasteiger partial charge in [0.15, 0.2) is 0 Å². The summed E-state index contributed by atoms with van der Waals surface area (Å²) in [5.41, 5.74) is -2.23. The molecule has 0 saturated heterocycles. The number of carboxylic acid groups (broad SMARTS) is 2. The van der Waals surface area contributed by atoms with Gasteiger partial charge >= 0.3 is 11.9 Å². The molecule has 1 aliphatic rings. The second-order valence-electron chi connectivity index (χ2n) is 8.17. The summed E-state index contributed by atoms with van der Waals surface area (Å²) in [6, 6.07) is 0. The van der Waals surface area contributed by atoms with Crippen molar-refractivity contribution in [1.29, 1.82) is 0 Å². The molecule has 3 unspecified atom stereocenters. The molecule has 0 amide bonds. The fourth-order valence-corrected chi connectivity index (χ4v) is 4.79. The summed E-state index contributed by atoms with van der Waals surface area (Å²) < 4.78 is 0. The van der Waals surface area contributed by atoms with E-state index >= 15 is 0 Å². The van der Waals surface area contributed by atoms with Crippen molar-refractivity contribution in [3.8, 4) is 0 Å². The second kappa shape index (κ2) is 8.87. The predicted molar refractivity (Wildman–Crippen MR) is 96.0 cm³/mol. The molecular weight excluding hydrogens is 304 g/mol. The van der Waals surface area contributed by atoms with Crippen molar-refractivity contribution in [3.63, 3.8) is 0 Å². The zero-order chi connectivity index (χ0) is 18.4.